The van der Waals surface area contributed by atoms with Crippen LogP contribution < -0.4 is 5.14 Å². The minimum atomic E-state index is -4.55. The predicted molar refractivity (Wildman–Crippen MR) is 88.5 cm³/mol. The number of hydrogen-bond acceptors (Lipinski definition) is 3. The van der Waals surface area contributed by atoms with Crippen LogP contribution in [0.1, 0.15) is 5.69 Å². The third kappa shape index (κ3) is 5.14. The summed E-state index contributed by atoms with van der Waals surface area (Å²) in [5, 5.41) is 7.71. The lowest BCUT2D eigenvalue weighted by Crippen LogP contribution is -2.07. The molecule has 0 spiro atoms. The Bertz CT molecular complexity index is 928. The lowest BCUT2D eigenvalue weighted by atomic mass is 10.1. The van der Waals surface area contributed by atoms with Gasteiger partial charge in [-0.25, -0.2) is 22.6 Å². The van der Waals surface area contributed by atoms with Crippen LogP contribution in [0.4, 0.5) is 17.6 Å². The molecule has 0 unspecified atom stereocenters. The molecule has 138 valence electrons. The first-order valence-corrected chi connectivity index (χ1v) is 8.31. The highest BCUT2D eigenvalue weighted by Crippen LogP contribution is 2.33. The highest BCUT2D eigenvalue weighted by atomic mass is 32.2. The monoisotopic (exact) mass is 387 g/mol. The maximum absolute atomic E-state index is 13.0. The van der Waals surface area contributed by atoms with Gasteiger partial charge in [-0.15, -0.1) is 0 Å². The van der Waals surface area contributed by atoms with Gasteiger partial charge in [0.25, 0.3) is 0 Å². The van der Waals surface area contributed by atoms with Gasteiger partial charge >= 0.3 is 6.18 Å². The van der Waals surface area contributed by atoms with Crippen LogP contribution in [0.15, 0.2) is 60.7 Å². The highest BCUT2D eigenvalue weighted by Gasteiger charge is 2.35. The molecule has 0 saturated heterocycles. The summed E-state index contributed by atoms with van der Waals surface area (Å²) >= 11 is 0. The van der Waals surface area contributed by atoms with Gasteiger partial charge in [-0.1, -0.05) is 18.2 Å². The Hall–Kier alpha value is -2.72. The van der Waals surface area contributed by atoms with Crippen molar-refractivity contribution in [1.82, 2.24) is 9.78 Å². The molecule has 0 radical (unpaired) electrons. The van der Waals surface area contributed by atoms with Crippen LogP contribution in [0.3, 0.4) is 0 Å². The van der Waals surface area contributed by atoms with Gasteiger partial charge in [0.05, 0.1) is 11.4 Å². The van der Waals surface area contributed by atoms with E-state index in [-0.39, 0.29) is 5.69 Å². The molecule has 0 saturated carbocycles. The second-order valence-electron chi connectivity index (χ2n) is 4.95. The van der Waals surface area contributed by atoms with Crippen molar-refractivity contribution in [1.29, 1.82) is 0 Å². The summed E-state index contributed by atoms with van der Waals surface area (Å²) in [6.45, 7) is 0. The lowest BCUT2D eigenvalue weighted by molar-refractivity contribution is -0.141. The number of para-hydroxylation sites is 1. The summed E-state index contributed by atoms with van der Waals surface area (Å²) in [6, 6.07) is 14.7. The zero-order valence-corrected chi connectivity index (χ0v) is 13.9. The maximum atomic E-state index is 13.0. The van der Waals surface area contributed by atoms with Crippen molar-refractivity contribution < 1.29 is 26.0 Å². The lowest BCUT2D eigenvalue weighted by Gasteiger charge is -2.07. The van der Waals surface area contributed by atoms with E-state index in [1.165, 1.54) is 28.9 Å². The van der Waals surface area contributed by atoms with Crippen LogP contribution in [0.2, 0.25) is 0 Å². The van der Waals surface area contributed by atoms with E-state index in [0.29, 0.717) is 11.3 Å². The Kier molecular flexibility index (Phi) is 6.11. The van der Waals surface area contributed by atoms with Crippen molar-refractivity contribution in [3.8, 4) is 16.9 Å². The minimum absolute atomic E-state index is 0.249. The number of halogens is 4. The molecule has 0 fully saturated rings. The molecule has 5 nitrogen and oxygen atoms in total. The maximum Gasteiger partial charge on any atom is 0.435 e. The molecule has 0 aliphatic rings. The molecule has 3 aromatic rings. The molecule has 26 heavy (non-hydrogen) atoms. The Balaban J connectivity index is 0.000000552. The van der Waals surface area contributed by atoms with Gasteiger partial charge in [-0.3, -0.25) is 0 Å². The SMILES string of the molecule is Fc1ccc(-c2cc(C(F)(F)F)nn2-c2ccccc2)cc1.N[SH](=O)=O. The first-order chi connectivity index (χ1) is 12.2. The van der Waals surface area contributed by atoms with Crippen molar-refractivity contribution in [2.75, 3.05) is 0 Å². The molecule has 2 aromatic carbocycles. The first-order valence-electron chi connectivity index (χ1n) is 7.06. The Morgan fingerprint density at radius 1 is 0.962 bits per heavy atom. The van der Waals surface area contributed by atoms with Gasteiger partial charge in [0.15, 0.2) is 16.6 Å². The summed E-state index contributed by atoms with van der Waals surface area (Å²) in [5.74, 6) is -0.453. The molecule has 0 aliphatic heterocycles. The van der Waals surface area contributed by atoms with Gasteiger partial charge in [0, 0.05) is 5.56 Å². The van der Waals surface area contributed by atoms with Gasteiger partial charge < -0.3 is 0 Å². The fraction of sp³-hybridized carbons (Fsp3) is 0.0625. The molecule has 2 N–H and O–H groups in total. The number of thiol groups is 1. The van der Waals surface area contributed by atoms with Crippen LogP contribution in [-0.2, 0) is 17.1 Å². The fourth-order valence-corrected chi connectivity index (χ4v) is 2.11. The standard InChI is InChI=1S/C16H10F4N2.H3NO2S/c17-12-8-6-11(7-9-12)14-10-15(16(18,19)20)21-22(14)13-4-2-1-3-5-13;1-4(2)3/h1-10H;4H,(H2,1,2,3). The number of alkyl halides is 3. The molecule has 1 aromatic heterocycles. The van der Waals surface area contributed by atoms with E-state index in [1.54, 1.807) is 30.3 Å². The van der Waals surface area contributed by atoms with Gasteiger partial charge in [-0.05, 0) is 42.5 Å². The average molecular weight is 387 g/mol. The van der Waals surface area contributed by atoms with Crippen molar-refractivity contribution >= 4 is 10.9 Å². The van der Waals surface area contributed by atoms with Crippen molar-refractivity contribution in [2.45, 2.75) is 6.18 Å². The van der Waals surface area contributed by atoms with E-state index in [9.17, 15) is 17.6 Å². The fourth-order valence-electron chi connectivity index (χ4n) is 2.11. The normalized spacial score (nSPS) is 11.2. The van der Waals surface area contributed by atoms with Crippen LogP contribution in [0.25, 0.3) is 16.9 Å². The predicted octanol–water partition coefficient (Wildman–Crippen LogP) is 3.17. The zero-order chi connectivity index (χ0) is 19.3. The summed E-state index contributed by atoms with van der Waals surface area (Å²) in [6.07, 6.45) is -4.55. The molecular weight excluding hydrogens is 374 g/mol. The quantitative estimate of drug-likeness (QED) is 0.524. The molecule has 0 bridgehead atoms. The minimum Gasteiger partial charge on any atom is -0.233 e. The Labute approximate surface area is 147 Å². The van der Waals surface area contributed by atoms with Gasteiger partial charge in [0.1, 0.15) is 5.82 Å². The Morgan fingerprint density at radius 2 is 1.50 bits per heavy atom. The Morgan fingerprint density at radius 3 is 2.00 bits per heavy atom. The van der Waals surface area contributed by atoms with E-state index in [4.69, 9.17) is 8.42 Å². The van der Waals surface area contributed by atoms with Crippen LogP contribution >= 0.6 is 0 Å². The highest BCUT2D eigenvalue weighted by molar-refractivity contribution is 7.69. The first kappa shape index (κ1) is 19.6. The third-order valence-electron chi connectivity index (χ3n) is 3.14. The molecule has 1 heterocycles. The largest absolute Gasteiger partial charge is 0.435 e. The van der Waals surface area contributed by atoms with E-state index in [0.717, 1.165) is 6.07 Å². The van der Waals surface area contributed by atoms with E-state index in [1.807, 2.05) is 0 Å². The second kappa shape index (κ2) is 8.11. The molecule has 0 aliphatic carbocycles. The molecule has 0 amide bonds. The van der Waals surface area contributed by atoms with Crippen LogP contribution in [-0.4, -0.2) is 18.2 Å². The van der Waals surface area contributed by atoms with Crippen LogP contribution in [0, 0.1) is 5.82 Å². The van der Waals surface area contributed by atoms with Crippen molar-refractivity contribution in [3.63, 3.8) is 0 Å². The van der Waals surface area contributed by atoms with E-state index in [2.05, 4.69) is 10.2 Å². The number of hydrogen-bond donors (Lipinski definition) is 2. The average Bonchev–Trinajstić information content (AvgIpc) is 3.01. The van der Waals surface area contributed by atoms with Gasteiger partial charge in [0.2, 0.25) is 0 Å². The number of rotatable bonds is 2. The molecule has 3 rings (SSSR count). The summed E-state index contributed by atoms with van der Waals surface area (Å²) in [7, 11) is -2.62. The summed E-state index contributed by atoms with van der Waals surface area (Å²) in [5.41, 5.74) is 0.208. The van der Waals surface area contributed by atoms with E-state index >= 15 is 0 Å². The van der Waals surface area contributed by atoms with E-state index < -0.39 is 28.6 Å². The summed E-state index contributed by atoms with van der Waals surface area (Å²) in [4.78, 5) is 0. The van der Waals surface area contributed by atoms with Crippen LogP contribution in [0.5, 0.6) is 0 Å². The molecule has 0 atom stereocenters. The second-order valence-corrected chi connectivity index (χ2v) is 5.52. The third-order valence-corrected chi connectivity index (χ3v) is 3.14. The van der Waals surface area contributed by atoms with Gasteiger partial charge in [-0.2, -0.15) is 18.3 Å². The molecule has 10 heteroatoms. The zero-order valence-electron chi connectivity index (χ0n) is 13.0. The molecular formula is C16H13F4N3O2S. The summed E-state index contributed by atoms with van der Waals surface area (Å²) < 4.78 is 70.7. The number of benzene rings is 2. The number of nitrogens with zero attached hydrogens (tertiary/aromatic N) is 2. The number of aromatic nitrogens is 2. The van der Waals surface area contributed by atoms with Crippen molar-refractivity contribution in [2.24, 2.45) is 5.14 Å². The topological polar surface area (TPSA) is 78.0 Å². The number of nitrogens with two attached hydrogens (primary N) is 1. The smallest absolute Gasteiger partial charge is 0.233 e. The van der Waals surface area contributed by atoms with Crippen molar-refractivity contribution in [3.05, 3.63) is 72.2 Å².